The van der Waals surface area contributed by atoms with Gasteiger partial charge in [0.25, 0.3) is 0 Å². The maximum absolute atomic E-state index is 4.67. The van der Waals surface area contributed by atoms with E-state index in [2.05, 4.69) is 63.5 Å². The van der Waals surface area contributed by atoms with E-state index in [1.54, 1.807) is 6.20 Å². The molecule has 5 heteroatoms. The molecule has 0 aliphatic rings. The summed E-state index contributed by atoms with van der Waals surface area (Å²) in [6.45, 7) is 4.95. The van der Waals surface area contributed by atoms with Crippen LogP contribution in [0.4, 0.5) is 17.5 Å². The van der Waals surface area contributed by atoms with Gasteiger partial charge in [0.15, 0.2) is 5.82 Å². The summed E-state index contributed by atoms with van der Waals surface area (Å²) >= 11 is 0. The van der Waals surface area contributed by atoms with Crippen LogP contribution >= 0.6 is 0 Å². The van der Waals surface area contributed by atoms with Crippen molar-refractivity contribution in [2.24, 2.45) is 0 Å². The fourth-order valence-corrected chi connectivity index (χ4v) is 2.49. The van der Waals surface area contributed by atoms with Crippen molar-refractivity contribution >= 4 is 17.5 Å². The number of nitrogens with zero attached hydrogens (tertiary/aromatic N) is 4. The van der Waals surface area contributed by atoms with Crippen molar-refractivity contribution < 1.29 is 0 Å². The number of aromatic nitrogens is 3. The Morgan fingerprint density at radius 2 is 1.68 bits per heavy atom. The van der Waals surface area contributed by atoms with E-state index in [0.29, 0.717) is 18.5 Å². The second-order valence-corrected chi connectivity index (χ2v) is 6.00. The molecular weight excluding hydrogens is 310 g/mol. The molecule has 128 valence electrons. The molecule has 3 aromatic rings. The minimum Gasteiger partial charge on any atom is -0.350 e. The van der Waals surface area contributed by atoms with Gasteiger partial charge >= 0.3 is 0 Å². The lowest BCUT2D eigenvalue weighted by molar-refractivity contribution is 0.744. The molecule has 0 aliphatic heterocycles. The SMILES string of the molecule is CCC(C)Nc1nncc(N(Cc2ccccc2)c2ccccc2)n1. The molecule has 0 saturated heterocycles. The summed E-state index contributed by atoms with van der Waals surface area (Å²) in [5, 5.41) is 11.5. The molecule has 5 nitrogen and oxygen atoms in total. The van der Waals surface area contributed by atoms with Gasteiger partial charge in [-0.3, -0.25) is 0 Å². The van der Waals surface area contributed by atoms with Crippen LogP contribution < -0.4 is 10.2 Å². The minimum absolute atomic E-state index is 0.302. The number of benzene rings is 2. The van der Waals surface area contributed by atoms with E-state index in [9.17, 15) is 0 Å². The Morgan fingerprint density at radius 1 is 1.00 bits per heavy atom. The third kappa shape index (κ3) is 4.53. The van der Waals surface area contributed by atoms with Gasteiger partial charge in [-0.15, -0.1) is 5.10 Å². The molecule has 0 radical (unpaired) electrons. The number of para-hydroxylation sites is 1. The summed E-state index contributed by atoms with van der Waals surface area (Å²) in [7, 11) is 0. The van der Waals surface area contributed by atoms with Crippen molar-refractivity contribution in [1.82, 2.24) is 15.2 Å². The molecule has 3 rings (SSSR count). The highest BCUT2D eigenvalue weighted by Gasteiger charge is 2.13. The van der Waals surface area contributed by atoms with Gasteiger partial charge in [-0.1, -0.05) is 55.5 Å². The fraction of sp³-hybridized carbons (Fsp3) is 0.250. The molecule has 1 unspecified atom stereocenters. The number of anilines is 3. The summed E-state index contributed by atoms with van der Waals surface area (Å²) < 4.78 is 0. The van der Waals surface area contributed by atoms with E-state index in [-0.39, 0.29) is 0 Å². The Labute approximate surface area is 148 Å². The van der Waals surface area contributed by atoms with Crippen molar-refractivity contribution in [2.45, 2.75) is 32.9 Å². The Hall–Kier alpha value is -2.95. The zero-order chi connectivity index (χ0) is 17.5. The summed E-state index contributed by atoms with van der Waals surface area (Å²) in [5.74, 6) is 1.33. The molecule has 1 N–H and O–H groups in total. The van der Waals surface area contributed by atoms with Gasteiger partial charge in [0.2, 0.25) is 5.95 Å². The van der Waals surface area contributed by atoms with E-state index in [1.165, 1.54) is 5.56 Å². The first-order valence-electron chi connectivity index (χ1n) is 8.59. The molecule has 0 saturated carbocycles. The van der Waals surface area contributed by atoms with E-state index in [0.717, 1.165) is 17.9 Å². The van der Waals surface area contributed by atoms with E-state index >= 15 is 0 Å². The highest BCUT2D eigenvalue weighted by atomic mass is 15.3. The van der Waals surface area contributed by atoms with Crippen LogP contribution in [-0.4, -0.2) is 21.2 Å². The van der Waals surface area contributed by atoms with Gasteiger partial charge in [0.1, 0.15) is 0 Å². The van der Waals surface area contributed by atoms with Gasteiger partial charge in [-0.2, -0.15) is 10.1 Å². The zero-order valence-electron chi connectivity index (χ0n) is 14.6. The third-order valence-electron chi connectivity index (χ3n) is 4.06. The van der Waals surface area contributed by atoms with Crippen molar-refractivity contribution in [3.63, 3.8) is 0 Å². The molecule has 0 aliphatic carbocycles. The number of hydrogen-bond donors (Lipinski definition) is 1. The van der Waals surface area contributed by atoms with Crippen LogP contribution in [0.1, 0.15) is 25.8 Å². The molecule has 0 bridgehead atoms. The highest BCUT2D eigenvalue weighted by molar-refractivity contribution is 5.60. The van der Waals surface area contributed by atoms with Gasteiger partial charge in [0, 0.05) is 18.3 Å². The quantitative estimate of drug-likeness (QED) is 0.693. The van der Waals surface area contributed by atoms with Crippen LogP contribution in [0, 0.1) is 0 Å². The zero-order valence-corrected chi connectivity index (χ0v) is 14.6. The van der Waals surface area contributed by atoms with Gasteiger partial charge in [-0.05, 0) is 31.0 Å². The average Bonchev–Trinajstić information content (AvgIpc) is 2.67. The largest absolute Gasteiger partial charge is 0.350 e. The first kappa shape index (κ1) is 16.9. The van der Waals surface area contributed by atoms with Crippen LogP contribution in [0.5, 0.6) is 0 Å². The number of rotatable bonds is 7. The Bertz CT molecular complexity index is 776. The van der Waals surface area contributed by atoms with Gasteiger partial charge < -0.3 is 10.2 Å². The van der Waals surface area contributed by atoms with Crippen molar-refractivity contribution in [1.29, 1.82) is 0 Å². The lowest BCUT2D eigenvalue weighted by Gasteiger charge is -2.24. The van der Waals surface area contributed by atoms with E-state index < -0.39 is 0 Å². The molecule has 0 amide bonds. The van der Waals surface area contributed by atoms with Crippen LogP contribution in [0.25, 0.3) is 0 Å². The van der Waals surface area contributed by atoms with Crippen molar-refractivity contribution in [3.05, 3.63) is 72.4 Å². The van der Waals surface area contributed by atoms with E-state index in [1.807, 2.05) is 36.4 Å². The predicted octanol–water partition coefficient (Wildman–Crippen LogP) is 4.42. The smallest absolute Gasteiger partial charge is 0.244 e. The van der Waals surface area contributed by atoms with Crippen LogP contribution in [0.15, 0.2) is 66.9 Å². The molecule has 2 aromatic carbocycles. The minimum atomic E-state index is 0.302. The first-order valence-corrected chi connectivity index (χ1v) is 8.59. The Kier molecular flexibility index (Phi) is 5.57. The van der Waals surface area contributed by atoms with E-state index in [4.69, 9.17) is 0 Å². The van der Waals surface area contributed by atoms with Gasteiger partial charge in [-0.25, -0.2) is 0 Å². The van der Waals surface area contributed by atoms with Crippen LogP contribution in [0.2, 0.25) is 0 Å². The summed E-state index contributed by atoms with van der Waals surface area (Å²) in [5.41, 5.74) is 2.28. The Morgan fingerprint density at radius 3 is 2.36 bits per heavy atom. The second-order valence-electron chi connectivity index (χ2n) is 6.00. The molecule has 1 aromatic heterocycles. The normalized spacial score (nSPS) is 11.8. The topological polar surface area (TPSA) is 53.9 Å². The summed E-state index contributed by atoms with van der Waals surface area (Å²) in [4.78, 5) is 6.82. The summed E-state index contributed by atoms with van der Waals surface area (Å²) in [6.07, 6.45) is 2.71. The van der Waals surface area contributed by atoms with Crippen molar-refractivity contribution in [2.75, 3.05) is 10.2 Å². The second kappa shape index (κ2) is 8.24. The molecule has 0 spiro atoms. The molecule has 1 heterocycles. The maximum Gasteiger partial charge on any atom is 0.244 e. The Balaban J connectivity index is 1.93. The molecule has 1 atom stereocenters. The summed E-state index contributed by atoms with van der Waals surface area (Å²) in [6, 6.07) is 20.9. The molecular formula is C20H23N5. The lowest BCUT2D eigenvalue weighted by atomic mass is 10.2. The van der Waals surface area contributed by atoms with Crippen LogP contribution in [0.3, 0.4) is 0 Å². The maximum atomic E-state index is 4.67. The highest BCUT2D eigenvalue weighted by Crippen LogP contribution is 2.25. The standard InChI is InChI=1S/C20H23N5/c1-3-16(2)22-20-23-19(14-21-24-20)25(18-12-8-5-9-13-18)15-17-10-6-4-7-11-17/h4-14,16H,3,15H2,1-2H3,(H,22,23,24). The molecule has 25 heavy (non-hydrogen) atoms. The fourth-order valence-electron chi connectivity index (χ4n) is 2.49. The predicted molar refractivity (Wildman–Crippen MR) is 102 cm³/mol. The van der Waals surface area contributed by atoms with Crippen LogP contribution in [-0.2, 0) is 6.54 Å². The molecule has 0 fully saturated rings. The monoisotopic (exact) mass is 333 g/mol. The third-order valence-corrected chi connectivity index (χ3v) is 4.06. The number of nitrogens with one attached hydrogen (secondary N) is 1. The first-order chi connectivity index (χ1) is 12.3. The average molecular weight is 333 g/mol. The lowest BCUT2D eigenvalue weighted by Crippen LogP contribution is -2.21. The number of hydrogen-bond acceptors (Lipinski definition) is 5. The van der Waals surface area contributed by atoms with Crippen molar-refractivity contribution in [3.8, 4) is 0 Å². The van der Waals surface area contributed by atoms with Gasteiger partial charge in [0.05, 0.1) is 6.20 Å².